The molecule has 0 aliphatic heterocycles. The molecular weight excluding hydrogens is 484 g/mol. The average Bonchev–Trinajstić information content (AvgIpc) is 2.95. The predicted octanol–water partition coefficient (Wildman–Crippen LogP) is 5.63. The maximum Gasteiger partial charge on any atom is 0.339 e. The number of nitrogens with one attached hydrogen (secondary N) is 1. The Morgan fingerprint density at radius 2 is 1.68 bits per heavy atom. The van der Waals surface area contributed by atoms with Crippen LogP contribution in [0.4, 0.5) is 11.4 Å². The molecule has 0 aliphatic carbocycles. The van der Waals surface area contributed by atoms with Crippen LogP contribution in [0.5, 0.6) is 0 Å². The van der Waals surface area contributed by atoms with Crippen LogP contribution in [-0.2, 0) is 9.53 Å². The second-order valence-corrected chi connectivity index (χ2v) is 8.32. The minimum Gasteiger partial charge on any atom is -0.452 e. The van der Waals surface area contributed by atoms with Gasteiger partial charge >= 0.3 is 5.97 Å². The van der Waals surface area contributed by atoms with Gasteiger partial charge in [0.05, 0.1) is 32.9 Å². The number of hydrogen-bond acceptors (Lipinski definition) is 7. The Kier molecular flexibility index (Phi) is 6.44. The Bertz CT molecular complexity index is 1790. The van der Waals surface area contributed by atoms with Crippen LogP contribution in [0.2, 0.25) is 0 Å². The van der Waals surface area contributed by atoms with E-state index in [9.17, 15) is 25.0 Å². The molecule has 0 bridgehead atoms. The smallest absolute Gasteiger partial charge is 0.339 e. The van der Waals surface area contributed by atoms with Gasteiger partial charge in [0.25, 0.3) is 11.6 Å². The SMILES string of the molecule is N#Cc1cc([N+](=O)[O-])ccc1NC(=O)COC(=O)c1cc(-c2cccc3ccccc23)nc2ccccc12. The Morgan fingerprint density at radius 3 is 2.47 bits per heavy atom. The number of aromatic nitrogens is 1. The number of nitrogens with zero attached hydrogens (tertiary/aromatic N) is 3. The van der Waals surface area contributed by atoms with Gasteiger partial charge in [0, 0.05) is 23.1 Å². The van der Waals surface area contributed by atoms with Crippen molar-refractivity contribution in [1.82, 2.24) is 4.98 Å². The molecule has 38 heavy (non-hydrogen) atoms. The van der Waals surface area contributed by atoms with Crippen molar-refractivity contribution in [2.75, 3.05) is 11.9 Å². The van der Waals surface area contributed by atoms with Gasteiger partial charge in [-0.3, -0.25) is 14.9 Å². The third kappa shape index (κ3) is 4.74. The molecule has 0 aliphatic rings. The number of hydrogen-bond donors (Lipinski definition) is 1. The maximum atomic E-state index is 13.1. The third-order valence-electron chi connectivity index (χ3n) is 5.94. The first-order chi connectivity index (χ1) is 18.4. The lowest BCUT2D eigenvalue weighted by Gasteiger charge is -2.12. The lowest BCUT2D eigenvalue weighted by molar-refractivity contribution is -0.384. The highest BCUT2D eigenvalue weighted by atomic mass is 16.6. The van der Waals surface area contributed by atoms with Gasteiger partial charge in [-0.2, -0.15) is 5.26 Å². The highest BCUT2D eigenvalue weighted by Crippen LogP contribution is 2.31. The van der Waals surface area contributed by atoms with Crippen molar-refractivity contribution in [2.24, 2.45) is 0 Å². The van der Waals surface area contributed by atoms with Crippen molar-refractivity contribution in [3.63, 3.8) is 0 Å². The molecule has 0 fully saturated rings. The molecule has 1 N–H and O–H groups in total. The normalized spacial score (nSPS) is 10.6. The summed E-state index contributed by atoms with van der Waals surface area (Å²) < 4.78 is 5.31. The van der Waals surface area contributed by atoms with Gasteiger partial charge < -0.3 is 10.1 Å². The Morgan fingerprint density at radius 1 is 0.947 bits per heavy atom. The number of nitriles is 1. The first-order valence-corrected chi connectivity index (χ1v) is 11.5. The van der Waals surface area contributed by atoms with Crippen molar-refractivity contribution in [3.05, 3.63) is 112 Å². The van der Waals surface area contributed by atoms with Crippen LogP contribution >= 0.6 is 0 Å². The van der Waals surface area contributed by atoms with Crippen LogP contribution in [0.25, 0.3) is 32.9 Å². The standard InChI is InChI=1S/C29H18N4O5/c30-16-19-14-20(33(36)37)12-13-25(19)32-28(34)17-38-29(35)24-15-27(31-26-11-4-3-9-23(24)26)22-10-5-7-18-6-1-2-8-21(18)22/h1-15H,17H2,(H,32,34). The minimum absolute atomic E-state index is 0.0757. The summed E-state index contributed by atoms with van der Waals surface area (Å²) in [7, 11) is 0. The summed E-state index contributed by atoms with van der Waals surface area (Å²) >= 11 is 0. The predicted molar refractivity (Wildman–Crippen MR) is 141 cm³/mol. The molecule has 5 aromatic rings. The molecule has 0 saturated heterocycles. The van der Waals surface area contributed by atoms with Crippen LogP contribution in [0.1, 0.15) is 15.9 Å². The number of non-ortho nitro benzene ring substituents is 1. The minimum atomic E-state index is -0.718. The lowest BCUT2D eigenvalue weighted by Crippen LogP contribution is -2.21. The van der Waals surface area contributed by atoms with E-state index in [-0.39, 0.29) is 22.5 Å². The summed E-state index contributed by atoms with van der Waals surface area (Å²) in [4.78, 5) is 40.7. The molecule has 1 aromatic heterocycles. The van der Waals surface area contributed by atoms with Gasteiger partial charge in [-0.1, -0.05) is 60.7 Å². The van der Waals surface area contributed by atoms with Crippen molar-refractivity contribution in [2.45, 2.75) is 0 Å². The number of anilines is 1. The third-order valence-corrected chi connectivity index (χ3v) is 5.94. The summed E-state index contributed by atoms with van der Waals surface area (Å²) in [6, 6.07) is 27.8. The van der Waals surface area contributed by atoms with Crippen LogP contribution in [0.15, 0.2) is 91.0 Å². The molecule has 184 valence electrons. The first kappa shape index (κ1) is 24.1. The van der Waals surface area contributed by atoms with E-state index < -0.39 is 23.4 Å². The van der Waals surface area contributed by atoms with E-state index in [1.165, 1.54) is 12.1 Å². The van der Waals surface area contributed by atoms with E-state index in [1.807, 2.05) is 54.6 Å². The van der Waals surface area contributed by atoms with E-state index in [4.69, 9.17) is 9.72 Å². The van der Waals surface area contributed by atoms with Gasteiger partial charge in [0.15, 0.2) is 6.61 Å². The van der Waals surface area contributed by atoms with E-state index in [1.54, 1.807) is 24.3 Å². The van der Waals surface area contributed by atoms with E-state index in [0.29, 0.717) is 16.6 Å². The van der Waals surface area contributed by atoms with E-state index in [0.717, 1.165) is 22.4 Å². The largest absolute Gasteiger partial charge is 0.452 e. The number of benzene rings is 4. The molecule has 0 spiro atoms. The number of esters is 1. The van der Waals surface area contributed by atoms with Crippen LogP contribution in [0, 0.1) is 21.4 Å². The Balaban J connectivity index is 1.41. The molecule has 1 amide bonds. The second kappa shape index (κ2) is 10.2. The maximum absolute atomic E-state index is 13.1. The van der Waals surface area contributed by atoms with Gasteiger partial charge in [0.2, 0.25) is 0 Å². The molecule has 0 atom stereocenters. The summed E-state index contributed by atoms with van der Waals surface area (Å²) in [5.74, 6) is -1.42. The molecule has 0 radical (unpaired) electrons. The van der Waals surface area contributed by atoms with E-state index >= 15 is 0 Å². The Hall–Kier alpha value is -5.62. The number of nitro groups is 1. The highest BCUT2D eigenvalue weighted by Gasteiger charge is 2.18. The van der Waals surface area contributed by atoms with Crippen LogP contribution < -0.4 is 5.32 Å². The average molecular weight is 502 g/mol. The van der Waals surface area contributed by atoms with Crippen molar-refractivity contribution in [3.8, 4) is 17.3 Å². The zero-order valence-corrected chi connectivity index (χ0v) is 19.8. The fourth-order valence-corrected chi connectivity index (χ4v) is 4.17. The summed E-state index contributed by atoms with van der Waals surface area (Å²) in [6.45, 7) is -0.624. The number of fused-ring (bicyclic) bond motifs is 2. The quantitative estimate of drug-likeness (QED) is 0.181. The lowest BCUT2D eigenvalue weighted by atomic mass is 9.99. The van der Waals surface area contributed by atoms with Crippen molar-refractivity contribution >= 4 is 44.9 Å². The number of pyridine rings is 1. The van der Waals surface area contributed by atoms with Gasteiger partial charge in [-0.05, 0) is 29.0 Å². The summed E-state index contributed by atoms with van der Waals surface area (Å²) in [5, 5.41) is 25.2. The topological polar surface area (TPSA) is 135 Å². The van der Waals surface area contributed by atoms with Gasteiger partial charge in [0.1, 0.15) is 6.07 Å². The number of nitro benzene ring substituents is 1. The van der Waals surface area contributed by atoms with Crippen molar-refractivity contribution < 1.29 is 19.2 Å². The fraction of sp³-hybridized carbons (Fsp3) is 0.0345. The number of rotatable bonds is 6. The molecule has 5 rings (SSSR count). The molecule has 0 unspecified atom stereocenters. The van der Waals surface area contributed by atoms with Gasteiger partial charge in [-0.25, -0.2) is 9.78 Å². The number of amides is 1. The number of carbonyl (C=O) groups is 2. The number of ether oxygens (including phenoxy) is 1. The fourth-order valence-electron chi connectivity index (χ4n) is 4.17. The zero-order valence-electron chi connectivity index (χ0n) is 19.8. The van der Waals surface area contributed by atoms with Crippen LogP contribution in [-0.4, -0.2) is 28.4 Å². The highest BCUT2D eigenvalue weighted by molar-refractivity contribution is 6.07. The molecular formula is C29H18N4O5. The molecule has 0 saturated carbocycles. The first-order valence-electron chi connectivity index (χ1n) is 11.5. The molecule has 9 nitrogen and oxygen atoms in total. The molecule has 4 aromatic carbocycles. The number of carbonyl (C=O) groups excluding carboxylic acids is 2. The number of para-hydroxylation sites is 1. The summed E-state index contributed by atoms with van der Waals surface area (Å²) in [6.07, 6.45) is 0. The van der Waals surface area contributed by atoms with E-state index in [2.05, 4.69) is 5.32 Å². The van der Waals surface area contributed by atoms with Crippen molar-refractivity contribution in [1.29, 1.82) is 5.26 Å². The Labute approximate surface area is 216 Å². The van der Waals surface area contributed by atoms with Crippen LogP contribution in [0.3, 0.4) is 0 Å². The monoisotopic (exact) mass is 502 g/mol. The second-order valence-electron chi connectivity index (χ2n) is 8.32. The zero-order chi connectivity index (χ0) is 26.6. The molecule has 9 heteroatoms. The van der Waals surface area contributed by atoms with Gasteiger partial charge in [-0.15, -0.1) is 0 Å². The summed E-state index contributed by atoms with van der Waals surface area (Å²) in [5.41, 5.74) is 1.99. The molecule has 1 heterocycles.